The zero-order valence-corrected chi connectivity index (χ0v) is 10.6. The maximum atomic E-state index is 11.7. The van der Waals surface area contributed by atoms with Gasteiger partial charge >= 0.3 is 0 Å². The summed E-state index contributed by atoms with van der Waals surface area (Å²) in [5.41, 5.74) is 0. The van der Waals surface area contributed by atoms with Crippen molar-refractivity contribution in [3.63, 3.8) is 0 Å². The minimum absolute atomic E-state index is 0.161. The van der Waals surface area contributed by atoms with E-state index in [2.05, 4.69) is 6.92 Å². The van der Waals surface area contributed by atoms with E-state index in [0.29, 0.717) is 6.42 Å². The van der Waals surface area contributed by atoms with E-state index in [4.69, 9.17) is 0 Å². The monoisotopic (exact) mass is 224 g/mol. The highest BCUT2D eigenvalue weighted by Crippen LogP contribution is 2.32. The molecule has 0 aromatic rings. The van der Waals surface area contributed by atoms with Crippen LogP contribution >= 0.6 is 0 Å². The first-order valence-corrected chi connectivity index (χ1v) is 6.73. The van der Waals surface area contributed by atoms with E-state index in [9.17, 15) is 9.59 Å². The van der Waals surface area contributed by atoms with E-state index < -0.39 is 0 Å². The highest BCUT2D eigenvalue weighted by atomic mass is 16.2. The van der Waals surface area contributed by atoms with Crippen LogP contribution in [0.1, 0.15) is 65.2 Å². The van der Waals surface area contributed by atoms with Crippen molar-refractivity contribution in [2.24, 2.45) is 11.8 Å². The molecule has 1 saturated carbocycles. The summed E-state index contributed by atoms with van der Waals surface area (Å²) in [7, 11) is 0. The molecule has 2 heteroatoms. The lowest BCUT2D eigenvalue weighted by Gasteiger charge is -2.08. The van der Waals surface area contributed by atoms with Crippen LogP contribution in [0, 0.1) is 11.8 Å². The van der Waals surface area contributed by atoms with Crippen molar-refractivity contribution in [3.8, 4) is 0 Å². The highest BCUT2D eigenvalue weighted by Gasteiger charge is 2.35. The predicted molar refractivity (Wildman–Crippen MR) is 65.3 cm³/mol. The Labute approximate surface area is 98.8 Å². The molecular formula is C14H24O2. The van der Waals surface area contributed by atoms with Crippen LogP contribution in [0.15, 0.2) is 0 Å². The average molecular weight is 224 g/mol. The fraction of sp³-hybridized carbons (Fsp3) is 0.857. The maximum Gasteiger partial charge on any atom is 0.146 e. The second-order valence-corrected chi connectivity index (χ2v) is 5.03. The molecule has 92 valence electrons. The summed E-state index contributed by atoms with van der Waals surface area (Å²) >= 11 is 0. The largest absolute Gasteiger partial charge is 0.299 e. The predicted octanol–water partition coefficient (Wildman–Crippen LogP) is 3.53. The molecule has 0 spiro atoms. The molecule has 0 aliphatic heterocycles. The van der Waals surface area contributed by atoms with Gasteiger partial charge in [0.2, 0.25) is 0 Å². The SMILES string of the molecule is CCCCCCCC(=O)C(C)C(=O)C1CC1. The summed E-state index contributed by atoms with van der Waals surface area (Å²) < 4.78 is 0. The molecule has 1 unspecified atom stereocenters. The molecule has 16 heavy (non-hydrogen) atoms. The van der Waals surface area contributed by atoms with Gasteiger partial charge < -0.3 is 0 Å². The lowest BCUT2D eigenvalue weighted by Crippen LogP contribution is -2.22. The van der Waals surface area contributed by atoms with Crippen molar-refractivity contribution >= 4 is 11.6 Å². The molecule has 2 nitrogen and oxygen atoms in total. The van der Waals surface area contributed by atoms with Crippen LogP contribution in [0.25, 0.3) is 0 Å². The van der Waals surface area contributed by atoms with Crippen molar-refractivity contribution < 1.29 is 9.59 Å². The van der Waals surface area contributed by atoms with E-state index in [-0.39, 0.29) is 23.4 Å². The molecule has 0 amide bonds. The van der Waals surface area contributed by atoms with Gasteiger partial charge in [-0.1, -0.05) is 32.6 Å². The first-order valence-electron chi connectivity index (χ1n) is 6.73. The third kappa shape index (κ3) is 4.46. The summed E-state index contributed by atoms with van der Waals surface area (Å²) in [6.45, 7) is 3.97. The molecule has 0 aromatic carbocycles. The molecular weight excluding hydrogens is 200 g/mol. The number of unbranched alkanes of at least 4 members (excludes halogenated alkanes) is 4. The molecule has 0 N–H and O–H groups in total. The number of rotatable bonds is 9. The van der Waals surface area contributed by atoms with Gasteiger partial charge in [0.15, 0.2) is 0 Å². The number of Topliss-reactive ketones (excluding diaryl/α,β-unsaturated/α-hetero) is 2. The Balaban J connectivity index is 2.11. The minimum Gasteiger partial charge on any atom is -0.299 e. The van der Waals surface area contributed by atoms with E-state index in [0.717, 1.165) is 25.7 Å². The van der Waals surface area contributed by atoms with Gasteiger partial charge in [0.1, 0.15) is 11.6 Å². The molecule has 1 aliphatic rings. The van der Waals surface area contributed by atoms with Crippen LogP contribution in [0.2, 0.25) is 0 Å². The first-order chi connectivity index (χ1) is 7.66. The van der Waals surface area contributed by atoms with Crippen molar-refractivity contribution in [2.75, 3.05) is 0 Å². The molecule has 1 aliphatic carbocycles. The number of ketones is 2. The van der Waals surface area contributed by atoms with E-state index in [1.807, 2.05) is 0 Å². The Morgan fingerprint density at radius 2 is 1.75 bits per heavy atom. The lowest BCUT2D eigenvalue weighted by atomic mass is 9.94. The number of hydrogen-bond acceptors (Lipinski definition) is 2. The molecule has 0 heterocycles. The van der Waals surface area contributed by atoms with Gasteiger partial charge in [-0.2, -0.15) is 0 Å². The van der Waals surface area contributed by atoms with Crippen LogP contribution in [0.3, 0.4) is 0 Å². The van der Waals surface area contributed by atoms with Gasteiger partial charge in [-0.25, -0.2) is 0 Å². The minimum atomic E-state index is -0.335. The number of hydrogen-bond donors (Lipinski definition) is 0. The van der Waals surface area contributed by atoms with Crippen LogP contribution in [-0.2, 0) is 9.59 Å². The summed E-state index contributed by atoms with van der Waals surface area (Å²) in [5.74, 6) is 0.240. The van der Waals surface area contributed by atoms with Gasteiger partial charge in [-0.15, -0.1) is 0 Å². The Morgan fingerprint density at radius 1 is 1.12 bits per heavy atom. The smallest absolute Gasteiger partial charge is 0.146 e. The van der Waals surface area contributed by atoms with Crippen LogP contribution in [0.5, 0.6) is 0 Å². The summed E-state index contributed by atoms with van der Waals surface area (Å²) in [4.78, 5) is 23.4. The number of carbonyl (C=O) groups is 2. The number of carbonyl (C=O) groups excluding carboxylic acids is 2. The maximum absolute atomic E-state index is 11.7. The Bertz CT molecular complexity index is 241. The lowest BCUT2D eigenvalue weighted by molar-refractivity contribution is -0.132. The topological polar surface area (TPSA) is 34.1 Å². The molecule has 0 aromatic heterocycles. The second kappa shape index (κ2) is 6.82. The normalized spacial score (nSPS) is 17.1. The average Bonchev–Trinajstić information content (AvgIpc) is 3.10. The van der Waals surface area contributed by atoms with E-state index in [1.165, 1.54) is 19.3 Å². The van der Waals surface area contributed by atoms with Gasteiger partial charge in [-0.05, 0) is 26.2 Å². The summed E-state index contributed by atoms with van der Waals surface area (Å²) in [5, 5.41) is 0. The van der Waals surface area contributed by atoms with Gasteiger partial charge in [0.25, 0.3) is 0 Å². The third-order valence-electron chi connectivity index (χ3n) is 3.42. The quantitative estimate of drug-likeness (QED) is 0.443. The Kier molecular flexibility index (Phi) is 5.72. The fourth-order valence-electron chi connectivity index (χ4n) is 2.00. The standard InChI is InChI=1S/C14H24O2/c1-3-4-5-6-7-8-13(15)11(2)14(16)12-9-10-12/h11-12H,3-10H2,1-2H3. The van der Waals surface area contributed by atoms with Gasteiger partial charge in [-0.3, -0.25) is 9.59 Å². The van der Waals surface area contributed by atoms with Crippen molar-refractivity contribution in [3.05, 3.63) is 0 Å². The van der Waals surface area contributed by atoms with E-state index >= 15 is 0 Å². The van der Waals surface area contributed by atoms with Gasteiger partial charge in [0, 0.05) is 12.3 Å². The molecule has 0 bridgehead atoms. The van der Waals surface area contributed by atoms with Crippen molar-refractivity contribution in [1.82, 2.24) is 0 Å². The van der Waals surface area contributed by atoms with Crippen LogP contribution < -0.4 is 0 Å². The zero-order chi connectivity index (χ0) is 12.0. The third-order valence-corrected chi connectivity index (χ3v) is 3.42. The van der Waals surface area contributed by atoms with Gasteiger partial charge in [0.05, 0.1) is 5.92 Å². The van der Waals surface area contributed by atoms with Crippen LogP contribution in [0.4, 0.5) is 0 Å². The molecule has 0 saturated heterocycles. The Morgan fingerprint density at radius 3 is 2.31 bits per heavy atom. The van der Waals surface area contributed by atoms with E-state index in [1.54, 1.807) is 6.92 Å². The summed E-state index contributed by atoms with van der Waals surface area (Å²) in [6.07, 6.45) is 8.40. The molecule has 1 fully saturated rings. The highest BCUT2D eigenvalue weighted by molar-refractivity contribution is 6.03. The molecule has 1 rings (SSSR count). The first kappa shape index (κ1) is 13.4. The van der Waals surface area contributed by atoms with Crippen LogP contribution in [-0.4, -0.2) is 11.6 Å². The summed E-state index contributed by atoms with van der Waals surface area (Å²) in [6, 6.07) is 0. The van der Waals surface area contributed by atoms with Crippen molar-refractivity contribution in [2.45, 2.75) is 65.2 Å². The Hall–Kier alpha value is -0.660. The fourth-order valence-corrected chi connectivity index (χ4v) is 2.00. The second-order valence-electron chi connectivity index (χ2n) is 5.03. The zero-order valence-electron chi connectivity index (χ0n) is 10.6. The molecule has 0 radical (unpaired) electrons. The molecule has 1 atom stereocenters. The van der Waals surface area contributed by atoms with Crippen molar-refractivity contribution in [1.29, 1.82) is 0 Å².